The number of carbonyl (C=O) groups excluding carboxylic acids is 1. The smallest absolute Gasteiger partial charge is 0.240 e. The van der Waals surface area contributed by atoms with Crippen LogP contribution in [-0.4, -0.2) is 29.6 Å². The van der Waals surface area contributed by atoms with E-state index in [9.17, 15) is 4.79 Å². The Balaban J connectivity index is 1.93. The number of likely N-dealkylation sites (N-methyl/N-ethyl adjacent to an activating group) is 1. The van der Waals surface area contributed by atoms with Gasteiger partial charge in [0.1, 0.15) is 0 Å². The third-order valence-electron chi connectivity index (χ3n) is 2.34. The number of carbonyl (C=O) groups is 1. The molecule has 0 spiro atoms. The van der Waals surface area contributed by atoms with Gasteiger partial charge >= 0.3 is 0 Å². The molecule has 0 atom stereocenters. The van der Waals surface area contributed by atoms with Gasteiger partial charge in [-0.15, -0.1) is 0 Å². The summed E-state index contributed by atoms with van der Waals surface area (Å²) in [4.78, 5) is 15.2. The molecule has 0 aliphatic rings. The monoisotopic (exact) mass is 246 g/mol. The van der Waals surface area contributed by atoms with E-state index in [1.54, 1.807) is 7.05 Å². The molecule has 6 heteroatoms. The second kappa shape index (κ2) is 5.92. The molecule has 2 rings (SSSR count). The van der Waals surface area contributed by atoms with E-state index in [1.165, 1.54) is 0 Å². The number of benzene rings is 1. The number of rotatable bonds is 5. The SMILES string of the molecule is CNC(=O)CNCc1nc(-c2ccccc2)no1. The first kappa shape index (κ1) is 12.3. The number of aromatic nitrogens is 2. The average molecular weight is 246 g/mol. The van der Waals surface area contributed by atoms with Crippen molar-refractivity contribution in [1.82, 2.24) is 20.8 Å². The van der Waals surface area contributed by atoms with Crippen molar-refractivity contribution < 1.29 is 9.32 Å². The summed E-state index contributed by atoms with van der Waals surface area (Å²) in [7, 11) is 1.59. The predicted octanol–water partition coefficient (Wildman–Crippen LogP) is 0.572. The molecule has 1 heterocycles. The lowest BCUT2D eigenvalue weighted by Crippen LogP contribution is -2.31. The summed E-state index contributed by atoms with van der Waals surface area (Å²) < 4.78 is 5.08. The van der Waals surface area contributed by atoms with Crippen LogP contribution in [0.5, 0.6) is 0 Å². The summed E-state index contributed by atoms with van der Waals surface area (Å²) >= 11 is 0. The largest absolute Gasteiger partial charge is 0.358 e. The van der Waals surface area contributed by atoms with E-state index in [1.807, 2.05) is 30.3 Å². The Hall–Kier alpha value is -2.21. The molecule has 0 radical (unpaired) electrons. The zero-order valence-corrected chi connectivity index (χ0v) is 10.0. The van der Waals surface area contributed by atoms with Crippen molar-refractivity contribution in [1.29, 1.82) is 0 Å². The van der Waals surface area contributed by atoms with Crippen LogP contribution in [0.3, 0.4) is 0 Å². The van der Waals surface area contributed by atoms with Gasteiger partial charge in [-0.1, -0.05) is 35.5 Å². The molecule has 0 aliphatic carbocycles. The van der Waals surface area contributed by atoms with Crippen molar-refractivity contribution in [3.8, 4) is 11.4 Å². The van der Waals surface area contributed by atoms with Crippen molar-refractivity contribution in [2.45, 2.75) is 6.54 Å². The van der Waals surface area contributed by atoms with Gasteiger partial charge in [0.05, 0.1) is 13.1 Å². The molecule has 1 aromatic heterocycles. The number of nitrogens with one attached hydrogen (secondary N) is 2. The van der Waals surface area contributed by atoms with E-state index < -0.39 is 0 Å². The third-order valence-corrected chi connectivity index (χ3v) is 2.34. The van der Waals surface area contributed by atoms with Crippen LogP contribution in [0.25, 0.3) is 11.4 Å². The second-order valence-electron chi connectivity index (χ2n) is 3.65. The van der Waals surface area contributed by atoms with Gasteiger partial charge in [-0.2, -0.15) is 4.98 Å². The number of nitrogens with zero attached hydrogens (tertiary/aromatic N) is 2. The van der Waals surface area contributed by atoms with E-state index in [0.29, 0.717) is 18.3 Å². The van der Waals surface area contributed by atoms with Crippen LogP contribution in [0.15, 0.2) is 34.9 Å². The van der Waals surface area contributed by atoms with E-state index >= 15 is 0 Å². The van der Waals surface area contributed by atoms with Crippen molar-refractivity contribution in [3.63, 3.8) is 0 Å². The highest BCUT2D eigenvalue weighted by Gasteiger charge is 2.08. The van der Waals surface area contributed by atoms with E-state index in [4.69, 9.17) is 4.52 Å². The van der Waals surface area contributed by atoms with Crippen LogP contribution in [0, 0.1) is 0 Å². The van der Waals surface area contributed by atoms with Crippen LogP contribution in [0.2, 0.25) is 0 Å². The van der Waals surface area contributed by atoms with Crippen molar-refractivity contribution >= 4 is 5.91 Å². The first-order valence-electron chi connectivity index (χ1n) is 5.59. The number of amides is 1. The minimum Gasteiger partial charge on any atom is -0.358 e. The fraction of sp³-hybridized carbons (Fsp3) is 0.250. The summed E-state index contributed by atoms with van der Waals surface area (Å²) in [5.41, 5.74) is 0.902. The summed E-state index contributed by atoms with van der Waals surface area (Å²) in [6, 6.07) is 9.57. The predicted molar refractivity (Wildman–Crippen MR) is 65.5 cm³/mol. The molecule has 0 saturated heterocycles. The number of hydrogen-bond acceptors (Lipinski definition) is 5. The first-order chi connectivity index (χ1) is 8.79. The standard InChI is InChI=1S/C12H14N4O2/c1-13-10(17)7-14-8-11-15-12(16-18-11)9-5-3-2-4-6-9/h2-6,14H,7-8H2,1H3,(H,13,17). The molecule has 0 unspecified atom stereocenters. The van der Waals surface area contributed by atoms with E-state index in [-0.39, 0.29) is 12.5 Å². The van der Waals surface area contributed by atoms with Gasteiger partial charge in [0.15, 0.2) is 0 Å². The lowest BCUT2D eigenvalue weighted by molar-refractivity contribution is -0.119. The van der Waals surface area contributed by atoms with Crippen molar-refractivity contribution in [2.75, 3.05) is 13.6 Å². The van der Waals surface area contributed by atoms with Gasteiger partial charge in [-0.25, -0.2) is 0 Å². The molecule has 0 fully saturated rings. The minimum atomic E-state index is -0.0854. The third kappa shape index (κ3) is 3.14. The fourth-order valence-electron chi connectivity index (χ4n) is 1.40. The molecule has 0 saturated carbocycles. The molecule has 0 aliphatic heterocycles. The van der Waals surface area contributed by atoms with E-state index in [2.05, 4.69) is 20.8 Å². The lowest BCUT2D eigenvalue weighted by Gasteiger charge is -1.99. The number of hydrogen-bond donors (Lipinski definition) is 2. The zero-order chi connectivity index (χ0) is 12.8. The maximum absolute atomic E-state index is 11.0. The maximum Gasteiger partial charge on any atom is 0.240 e. The summed E-state index contributed by atoms with van der Waals surface area (Å²) in [5.74, 6) is 0.919. The van der Waals surface area contributed by atoms with Crippen LogP contribution >= 0.6 is 0 Å². The van der Waals surface area contributed by atoms with Gasteiger partial charge in [-0.05, 0) is 0 Å². The topological polar surface area (TPSA) is 80.0 Å². The van der Waals surface area contributed by atoms with Gasteiger partial charge in [-0.3, -0.25) is 10.1 Å². The van der Waals surface area contributed by atoms with Crippen LogP contribution < -0.4 is 10.6 Å². The fourth-order valence-corrected chi connectivity index (χ4v) is 1.40. The van der Waals surface area contributed by atoms with Crippen molar-refractivity contribution in [3.05, 3.63) is 36.2 Å². The summed E-state index contributed by atoms with van der Waals surface area (Å²) in [5, 5.41) is 9.30. The van der Waals surface area contributed by atoms with E-state index in [0.717, 1.165) is 5.56 Å². The Bertz CT molecular complexity index is 510. The molecule has 94 valence electrons. The molecule has 18 heavy (non-hydrogen) atoms. The normalized spacial score (nSPS) is 10.3. The molecular formula is C12H14N4O2. The van der Waals surface area contributed by atoms with Crippen LogP contribution in [0.1, 0.15) is 5.89 Å². The average Bonchev–Trinajstić information content (AvgIpc) is 2.88. The van der Waals surface area contributed by atoms with Crippen LogP contribution in [-0.2, 0) is 11.3 Å². The Labute approximate surface area is 104 Å². The van der Waals surface area contributed by atoms with Crippen molar-refractivity contribution in [2.24, 2.45) is 0 Å². The van der Waals surface area contributed by atoms with Gasteiger partial charge in [0, 0.05) is 12.6 Å². The molecule has 2 aromatic rings. The van der Waals surface area contributed by atoms with Gasteiger partial charge in [0.2, 0.25) is 17.6 Å². The molecule has 1 amide bonds. The highest BCUT2D eigenvalue weighted by molar-refractivity contribution is 5.77. The van der Waals surface area contributed by atoms with Gasteiger partial charge in [0.25, 0.3) is 0 Å². The second-order valence-corrected chi connectivity index (χ2v) is 3.65. The highest BCUT2D eigenvalue weighted by Crippen LogP contribution is 2.14. The summed E-state index contributed by atoms with van der Waals surface area (Å²) in [6.45, 7) is 0.590. The molecule has 0 bridgehead atoms. The molecule has 6 nitrogen and oxygen atoms in total. The molecular weight excluding hydrogens is 232 g/mol. The molecule has 2 N–H and O–H groups in total. The minimum absolute atomic E-state index is 0.0854. The Morgan fingerprint density at radius 2 is 2.11 bits per heavy atom. The Morgan fingerprint density at radius 1 is 1.33 bits per heavy atom. The first-order valence-corrected chi connectivity index (χ1v) is 5.59. The van der Waals surface area contributed by atoms with Crippen LogP contribution in [0.4, 0.5) is 0 Å². The highest BCUT2D eigenvalue weighted by atomic mass is 16.5. The summed E-state index contributed by atoms with van der Waals surface area (Å²) in [6.07, 6.45) is 0. The molecule has 1 aromatic carbocycles. The lowest BCUT2D eigenvalue weighted by atomic mass is 10.2. The maximum atomic E-state index is 11.0. The quantitative estimate of drug-likeness (QED) is 0.806. The van der Waals surface area contributed by atoms with Gasteiger partial charge < -0.3 is 9.84 Å². The zero-order valence-electron chi connectivity index (χ0n) is 10.0. The Kier molecular flexibility index (Phi) is 4.03. The Morgan fingerprint density at radius 3 is 2.83 bits per heavy atom.